The molecule has 12 nitrogen and oxygen atoms in total. The molecule has 4 saturated carbocycles. The number of fused-ring (bicyclic) bond motifs is 8. The summed E-state index contributed by atoms with van der Waals surface area (Å²) in [5.41, 5.74) is 1.01. The number of ether oxygens (including phenoxy) is 2. The number of carboxylic acid groups (broad SMARTS) is 1. The Labute approximate surface area is 377 Å². The van der Waals surface area contributed by atoms with Crippen LogP contribution in [0.2, 0.25) is 0 Å². The van der Waals surface area contributed by atoms with Crippen LogP contribution in [0.4, 0.5) is 0 Å². The zero-order valence-electron chi connectivity index (χ0n) is 39.2. The van der Waals surface area contributed by atoms with Gasteiger partial charge in [0.2, 0.25) is 0 Å². The molecule has 64 heavy (non-hydrogen) atoms. The van der Waals surface area contributed by atoms with Crippen molar-refractivity contribution in [2.24, 2.45) is 45.3 Å². The number of amides is 2. The van der Waals surface area contributed by atoms with Gasteiger partial charge in [-0.1, -0.05) is 55.4 Å². The number of hydrogen-bond acceptors (Lipinski definition) is 9. The highest BCUT2D eigenvalue weighted by Gasteiger charge is 2.69. The first-order valence-electron chi connectivity index (χ1n) is 24.4. The molecule has 4 aliphatic heterocycles. The van der Waals surface area contributed by atoms with E-state index in [1.54, 1.807) is 11.0 Å². The van der Waals surface area contributed by atoms with Gasteiger partial charge in [-0.05, 0) is 117 Å². The molecule has 0 unspecified atom stereocenters. The zero-order valence-corrected chi connectivity index (χ0v) is 39.2. The highest BCUT2D eigenvalue weighted by Crippen LogP contribution is 2.69. The number of hydrogen-bond donors (Lipinski definition) is 5. The maximum Gasteiger partial charge on any atom is 0.326 e. The lowest BCUT2D eigenvalue weighted by atomic mass is 9.43. The van der Waals surface area contributed by atoms with Crippen molar-refractivity contribution in [1.82, 2.24) is 9.80 Å². The Bertz CT molecular complexity index is 2340. The summed E-state index contributed by atoms with van der Waals surface area (Å²) in [7, 11) is 0. The highest BCUT2D eigenvalue weighted by molar-refractivity contribution is 6.02. The molecule has 4 heterocycles. The van der Waals surface area contributed by atoms with Crippen LogP contribution in [-0.2, 0) is 30.7 Å². The molecule has 4 fully saturated rings. The highest BCUT2D eigenvalue weighted by atomic mass is 16.5. The second-order valence-electron chi connectivity index (χ2n) is 23.5. The monoisotopic (exact) mass is 883 g/mol. The molecule has 0 saturated heterocycles. The smallest absolute Gasteiger partial charge is 0.326 e. The lowest BCUT2D eigenvalue weighted by Gasteiger charge is -2.64. The van der Waals surface area contributed by atoms with Crippen LogP contribution in [0.3, 0.4) is 0 Å². The Balaban J connectivity index is 0.801. The van der Waals surface area contributed by atoms with Gasteiger partial charge in [0.25, 0.3) is 11.8 Å². The van der Waals surface area contributed by atoms with Crippen LogP contribution in [-0.4, -0.2) is 89.1 Å². The Morgan fingerprint density at radius 1 is 0.688 bits per heavy atom. The summed E-state index contributed by atoms with van der Waals surface area (Å²) in [5.74, 6) is 0.345. The van der Waals surface area contributed by atoms with Crippen molar-refractivity contribution in [3.8, 4) is 23.0 Å². The fourth-order valence-corrected chi connectivity index (χ4v) is 16.1. The van der Waals surface area contributed by atoms with Crippen molar-refractivity contribution in [3.63, 3.8) is 0 Å². The number of carbonyl (C=O) groups excluding carboxylic acids is 2. The van der Waals surface area contributed by atoms with Crippen molar-refractivity contribution in [1.29, 1.82) is 0 Å². The topological polar surface area (TPSA) is 177 Å². The largest absolute Gasteiger partial charge is 0.507 e. The molecule has 10 rings (SSSR count). The van der Waals surface area contributed by atoms with Crippen LogP contribution in [0.5, 0.6) is 23.0 Å². The lowest BCUT2D eigenvalue weighted by molar-refractivity contribution is -0.210. The van der Waals surface area contributed by atoms with E-state index in [0.29, 0.717) is 78.8 Å². The minimum Gasteiger partial charge on any atom is -0.507 e. The van der Waals surface area contributed by atoms with E-state index in [1.807, 2.05) is 6.07 Å². The van der Waals surface area contributed by atoms with E-state index >= 15 is 0 Å². The average Bonchev–Trinajstić information content (AvgIpc) is 4.00. The van der Waals surface area contributed by atoms with Gasteiger partial charge in [-0.25, -0.2) is 4.79 Å². The number of aliphatic hydroxyl groups excluding tert-OH is 2. The Morgan fingerprint density at radius 3 is 1.64 bits per heavy atom. The van der Waals surface area contributed by atoms with Crippen LogP contribution in [0.25, 0.3) is 0 Å². The first kappa shape index (κ1) is 43.8. The molecule has 2 aromatic carbocycles. The Kier molecular flexibility index (Phi) is 9.75. The molecule has 348 valence electrons. The van der Waals surface area contributed by atoms with Gasteiger partial charge in [0.1, 0.15) is 40.2 Å². The quantitative estimate of drug-likeness (QED) is 0.171. The van der Waals surface area contributed by atoms with Crippen LogP contribution in [0, 0.1) is 45.3 Å². The maximum atomic E-state index is 14.1. The van der Waals surface area contributed by atoms with E-state index in [1.165, 1.54) is 4.90 Å². The van der Waals surface area contributed by atoms with E-state index in [4.69, 9.17) is 9.47 Å². The van der Waals surface area contributed by atoms with E-state index in [-0.39, 0.29) is 93.9 Å². The summed E-state index contributed by atoms with van der Waals surface area (Å²) in [6, 6.07) is 2.43. The normalized spacial score (nSPS) is 38.0. The number of aliphatic carboxylic acids is 1. The number of carboxylic acids is 1. The number of rotatable bonds is 7. The SMILES string of the molecule is C[C@H]1CC[C@H]2C(C)(C)[C@H](O)CC[C@]2(C)[C@]12Cc1c(cc3c(c1O)CN([C@H](CCCCN1Cc4c(cc5c(c4O)C[C@]4(O5)[C@@H](C)CC[C@H]5C(C)(C)[C@@H](O)CC[C@@]54C)C1=O)C(=O)O)C3=O)O2. The van der Waals surface area contributed by atoms with Crippen molar-refractivity contribution in [2.45, 2.75) is 181 Å². The molecule has 2 amide bonds. The summed E-state index contributed by atoms with van der Waals surface area (Å²) in [6.45, 7) is 18.3. The van der Waals surface area contributed by atoms with E-state index < -0.39 is 35.2 Å². The Morgan fingerprint density at radius 2 is 1.16 bits per heavy atom. The van der Waals surface area contributed by atoms with Crippen molar-refractivity contribution < 1.29 is 49.4 Å². The molecule has 8 aliphatic rings. The molecule has 2 aromatic rings. The van der Waals surface area contributed by atoms with Gasteiger partial charge in [0, 0.05) is 52.5 Å². The molecule has 0 radical (unpaired) electrons. The minimum absolute atomic E-state index is 0.0164. The number of nitrogens with zero attached hydrogens (tertiary/aromatic N) is 2. The van der Waals surface area contributed by atoms with Crippen LogP contribution in [0.15, 0.2) is 12.1 Å². The fourth-order valence-electron chi connectivity index (χ4n) is 16.1. The Hall–Kier alpha value is -4.03. The van der Waals surface area contributed by atoms with Gasteiger partial charge in [-0.2, -0.15) is 0 Å². The third-order valence-corrected chi connectivity index (χ3v) is 20.1. The summed E-state index contributed by atoms with van der Waals surface area (Å²) < 4.78 is 14.0. The molecule has 12 heteroatoms. The summed E-state index contributed by atoms with van der Waals surface area (Å²) >= 11 is 0. The number of benzene rings is 2. The molecule has 4 aliphatic carbocycles. The molecule has 0 bridgehead atoms. The molecular formula is C52H70N2O10. The molecule has 11 atom stereocenters. The minimum atomic E-state index is -1.13. The second-order valence-corrected chi connectivity index (χ2v) is 23.5. The van der Waals surface area contributed by atoms with E-state index in [0.717, 1.165) is 44.1 Å². The molecule has 2 spiro atoms. The zero-order chi connectivity index (χ0) is 45.8. The third kappa shape index (κ3) is 5.62. The summed E-state index contributed by atoms with van der Waals surface area (Å²) in [5, 5.41) is 56.2. The standard InChI is InChI=1S/C52H70N2O10/c1-27-12-14-38-47(3,4)40(55)16-18-49(38,7)51(27)23-31-36(63-51)21-29-33(42(31)57)25-53(44(29)59)20-10-9-11-35(46(61)62)54-26-34-30(45(54)60)22-37-32(43(34)58)24-52(64-37)28(2)13-15-39-48(5,6)41(56)17-19-50(39,52)8/h21-22,27-28,35,38-41,55-58H,9-20,23-26H2,1-8H3,(H,61,62)/t27-,28-,35+,38-,39-,40-,41+,49-,50-,51-,52-/m0/s1. The molecule has 0 aromatic heterocycles. The lowest BCUT2D eigenvalue weighted by Crippen LogP contribution is -2.66. The summed E-state index contributed by atoms with van der Waals surface area (Å²) in [4.78, 5) is 43.8. The first-order valence-corrected chi connectivity index (χ1v) is 24.4. The van der Waals surface area contributed by atoms with E-state index in [9.17, 15) is 39.9 Å². The van der Waals surface area contributed by atoms with Crippen LogP contribution < -0.4 is 9.47 Å². The first-order chi connectivity index (χ1) is 30.0. The van der Waals surface area contributed by atoms with Gasteiger partial charge < -0.3 is 44.8 Å². The number of phenols is 2. The summed E-state index contributed by atoms with van der Waals surface area (Å²) in [6.07, 6.45) is 8.31. The number of aliphatic hydroxyl groups is 2. The van der Waals surface area contributed by atoms with Crippen molar-refractivity contribution in [3.05, 3.63) is 45.5 Å². The number of aromatic hydroxyl groups is 2. The number of phenolic OH excluding ortho intramolecular Hbond substituents is 2. The van der Waals surface area contributed by atoms with Gasteiger partial charge in [-0.15, -0.1) is 0 Å². The predicted octanol–water partition coefficient (Wildman–Crippen LogP) is 8.15. The van der Waals surface area contributed by atoms with Crippen molar-refractivity contribution in [2.75, 3.05) is 6.54 Å². The average molecular weight is 883 g/mol. The van der Waals surface area contributed by atoms with Gasteiger partial charge >= 0.3 is 5.97 Å². The maximum absolute atomic E-state index is 14.1. The third-order valence-electron chi connectivity index (χ3n) is 20.1. The fraction of sp³-hybridized carbons (Fsp3) is 0.712. The number of carbonyl (C=O) groups is 3. The van der Waals surface area contributed by atoms with Gasteiger partial charge in [0.15, 0.2) is 0 Å². The van der Waals surface area contributed by atoms with E-state index in [2.05, 4.69) is 55.4 Å². The predicted molar refractivity (Wildman–Crippen MR) is 238 cm³/mol. The van der Waals surface area contributed by atoms with Crippen molar-refractivity contribution >= 4 is 17.8 Å². The van der Waals surface area contributed by atoms with Crippen LogP contribution >= 0.6 is 0 Å². The second kappa shape index (κ2) is 14.2. The molecular weight excluding hydrogens is 813 g/mol. The van der Waals surface area contributed by atoms with Gasteiger partial charge in [0.05, 0.1) is 36.4 Å². The number of unbranched alkanes of at least 4 members (excludes halogenated alkanes) is 1. The van der Waals surface area contributed by atoms with Crippen LogP contribution in [0.1, 0.15) is 169 Å². The van der Waals surface area contributed by atoms with Gasteiger partial charge in [-0.3, -0.25) is 9.59 Å². The molecule has 5 N–H and O–H groups in total.